The third-order valence-electron chi connectivity index (χ3n) is 3.98. The van der Waals surface area contributed by atoms with E-state index < -0.39 is 5.60 Å². The summed E-state index contributed by atoms with van der Waals surface area (Å²) in [7, 11) is 0. The van der Waals surface area contributed by atoms with Crippen molar-refractivity contribution in [3.05, 3.63) is 47.6 Å². The van der Waals surface area contributed by atoms with E-state index in [2.05, 4.69) is 25.8 Å². The molecule has 1 aromatic carbocycles. The lowest BCUT2D eigenvalue weighted by Gasteiger charge is -2.25. The molecule has 0 aliphatic heterocycles. The second kappa shape index (κ2) is 12.0. The van der Waals surface area contributed by atoms with Gasteiger partial charge in [-0.15, -0.1) is 24.0 Å². The third-order valence-corrected chi connectivity index (χ3v) is 3.98. The number of aliphatic imine (C=N–C) groups is 1. The lowest BCUT2D eigenvalue weighted by Crippen LogP contribution is -2.44. The van der Waals surface area contributed by atoms with Gasteiger partial charge in [0.2, 0.25) is 5.89 Å². The molecule has 2 unspecified atom stereocenters. The Morgan fingerprint density at radius 3 is 2.64 bits per heavy atom. The molecule has 0 fully saturated rings. The topological polar surface area (TPSA) is 105 Å². The van der Waals surface area contributed by atoms with Crippen molar-refractivity contribution in [2.45, 2.75) is 45.9 Å². The molecule has 3 N–H and O–H groups in total. The highest BCUT2D eigenvalue weighted by molar-refractivity contribution is 14.0. The number of nitrogens with zero attached hydrogens (tertiary/aromatic N) is 3. The molecule has 2 rings (SSSR count). The van der Waals surface area contributed by atoms with E-state index in [9.17, 15) is 5.11 Å². The Balaban J connectivity index is 0.00000392. The molecule has 2 atom stereocenters. The van der Waals surface area contributed by atoms with Crippen LogP contribution in [0, 0.1) is 0 Å². The van der Waals surface area contributed by atoms with Gasteiger partial charge >= 0.3 is 0 Å². The van der Waals surface area contributed by atoms with Crippen LogP contribution in [-0.4, -0.2) is 40.9 Å². The van der Waals surface area contributed by atoms with Crippen molar-refractivity contribution < 1.29 is 14.4 Å². The third kappa shape index (κ3) is 7.36. The predicted molar refractivity (Wildman–Crippen MR) is 119 cm³/mol. The molecule has 2 aromatic rings. The van der Waals surface area contributed by atoms with E-state index in [1.807, 2.05) is 51.1 Å². The summed E-state index contributed by atoms with van der Waals surface area (Å²) < 4.78 is 10.7. The number of hydrogen-bond donors (Lipinski definition) is 3. The van der Waals surface area contributed by atoms with Crippen LogP contribution >= 0.6 is 24.0 Å². The number of halogens is 1. The van der Waals surface area contributed by atoms with Gasteiger partial charge in [-0.25, -0.2) is 4.99 Å². The van der Waals surface area contributed by atoms with Crippen molar-refractivity contribution in [2.24, 2.45) is 4.99 Å². The fourth-order valence-corrected chi connectivity index (χ4v) is 2.47. The molecular weight excluding hydrogens is 473 g/mol. The average molecular weight is 503 g/mol. The molecule has 0 saturated carbocycles. The fraction of sp³-hybridized carbons (Fsp3) is 0.526. The van der Waals surface area contributed by atoms with Crippen LogP contribution in [0.3, 0.4) is 0 Å². The minimum Gasteiger partial charge on any atom is -0.384 e. The lowest BCUT2D eigenvalue weighted by molar-refractivity contribution is 0.0617. The van der Waals surface area contributed by atoms with E-state index >= 15 is 0 Å². The van der Waals surface area contributed by atoms with Crippen molar-refractivity contribution in [3.63, 3.8) is 0 Å². The van der Waals surface area contributed by atoms with Gasteiger partial charge in [-0.2, -0.15) is 4.98 Å². The van der Waals surface area contributed by atoms with Gasteiger partial charge in [0.1, 0.15) is 18.2 Å². The molecule has 9 heteroatoms. The second-order valence-corrected chi connectivity index (χ2v) is 6.33. The molecule has 1 heterocycles. The number of nitrogens with one attached hydrogen (secondary N) is 2. The van der Waals surface area contributed by atoms with Crippen LogP contribution in [-0.2, 0) is 16.9 Å². The maximum Gasteiger partial charge on any atom is 0.248 e. The van der Waals surface area contributed by atoms with Crippen molar-refractivity contribution in [2.75, 3.05) is 19.7 Å². The molecule has 28 heavy (non-hydrogen) atoms. The van der Waals surface area contributed by atoms with Gasteiger partial charge in [-0.3, -0.25) is 0 Å². The summed E-state index contributed by atoms with van der Waals surface area (Å²) in [6.45, 7) is 9.33. The zero-order chi connectivity index (χ0) is 19.7. The maximum absolute atomic E-state index is 10.7. The summed E-state index contributed by atoms with van der Waals surface area (Å²) in [5, 5.41) is 20.9. The monoisotopic (exact) mass is 503 g/mol. The average Bonchev–Trinajstić information content (AvgIpc) is 3.14. The van der Waals surface area contributed by atoms with E-state index in [4.69, 9.17) is 9.26 Å². The molecular formula is C19H30IN5O3. The van der Waals surface area contributed by atoms with E-state index in [0.717, 1.165) is 5.56 Å². The molecule has 156 valence electrons. The SMILES string of the molecule is CCNC(=NCc1nc(C(C)OCC)no1)NCC(C)(O)c1ccccc1.I. The van der Waals surface area contributed by atoms with Crippen LogP contribution in [0.4, 0.5) is 0 Å². The van der Waals surface area contributed by atoms with Gasteiger partial charge in [0.25, 0.3) is 0 Å². The first-order valence-corrected chi connectivity index (χ1v) is 9.20. The summed E-state index contributed by atoms with van der Waals surface area (Å²) in [5.41, 5.74) is -0.193. The Morgan fingerprint density at radius 2 is 2.00 bits per heavy atom. The highest BCUT2D eigenvalue weighted by Crippen LogP contribution is 2.19. The van der Waals surface area contributed by atoms with Gasteiger partial charge in [-0.05, 0) is 33.3 Å². The number of rotatable bonds is 9. The van der Waals surface area contributed by atoms with E-state index in [1.165, 1.54) is 0 Å². The molecule has 0 amide bonds. The van der Waals surface area contributed by atoms with Gasteiger partial charge in [0.15, 0.2) is 11.8 Å². The molecule has 0 spiro atoms. The first-order chi connectivity index (χ1) is 13.0. The first-order valence-electron chi connectivity index (χ1n) is 9.20. The number of guanidine groups is 1. The molecule has 1 aromatic heterocycles. The zero-order valence-electron chi connectivity index (χ0n) is 16.8. The van der Waals surface area contributed by atoms with Crippen molar-refractivity contribution in [1.29, 1.82) is 0 Å². The zero-order valence-corrected chi connectivity index (χ0v) is 19.1. The van der Waals surface area contributed by atoms with Crippen molar-refractivity contribution in [3.8, 4) is 0 Å². The molecule has 0 aliphatic carbocycles. The quantitative estimate of drug-likeness (QED) is 0.275. The van der Waals surface area contributed by atoms with Crippen molar-refractivity contribution >= 4 is 29.9 Å². The van der Waals surface area contributed by atoms with Crippen LogP contribution in [0.2, 0.25) is 0 Å². The maximum atomic E-state index is 10.7. The summed E-state index contributed by atoms with van der Waals surface area (Å²) in [6, 6.07) is 9.51. The summed E-state index contributed by atoms with van der Waals surface area (Å²) in [5.74, 6) is 1.47. The first kappa shape index (κ1) is 24.3. The largest absolute Gasteiger partial charge is 0.384 e. The Bertz CT molecular complexity index is 721. The van der Waals surface area contributed by atoms with E-state index in [0.29, 0.717) is 37.4 Å². The van der Waals surface area contributed by atoms with Crippen LogP contribution in [0.5, 0.6) is 0 Å². The van der Waals surface area contributed by atoms with Gasteiger partial charge in [0.05, 0.1) is 6.54 Å². The predicted octanol–water partition coefficient (Wildman–Crippen LogP) is 2.75. The summed E-state index contributed by atoms with van der Waals surface area (Å²) >= 11 is 0. The van der Waals surface area contributed by atoms with Crippen LogP contribution in [0.15, 0.2) is 39.8 Å². The molecule has 8 nitrogen and oxygen atoms in total. The van der Waals surface area contributed by atoms with Crippen LogP contribution in [0.1, 0.15) is 51.1 Å². The second-order valence-electron chi connectivity index (χ2n) is 6.33. The van der Waals surface area contributed by atoms with Crippen molar-refractivity contribution in [1.82, 2.24) is 20.8 Å². The van der Waals surface area contributed by atoms with E-state index in [1.54, 1.807) is 6.92 Å². The van der Waals surface area contributed by atoms with Gasteiger partial charge in [-0.1, -0.05) is 35.5 Å². The molecule has 0 aliphatic rings. The molecule has 0 bridgehead atoms. The summed E-state index contributed by atoms with van der Waals surface area (Å²) in [4.78, 5) is 8.75. The van der Waals surface area contributed by atoms with Crippen LogP contribution < -0.4 is 10.6 Å². The van der Waals surface area contributed by atoms with E-state index in [-0.39, 0.29) is 36.6 Å². The fourth-order valence-electron chi connectivity index (χ4n) is 2.47. The highest BCUT2D eigenvalue weighted by Gasteiger charge is 2.23. The Labute approximate surface area is 183 Å². The van der Waals surface area contributed by atoms with Crippen LogP contribution in [0.25, 0.3) is 0 Å². The standard InChI is InChI=1S/C19H29N5O3.HI/c1-5-20-18(22-13-19(4,25)15-10-8-7-9-11-15)21-12-16-23-17(24-27-16)14(3)26-6-2;/h7-11,14,25H,5-6,12-13H2,1-4H3,(H2,20,21,22);1H. The molecule has 0 radical (unpaired) electrons. The Morgan fingerprint density at radius 1 is 1.29 bits per heavy atom. The highest BCUT2D eigenvalue weighted by atomic mass is 127. The minimum absolute atomic E-state index is 0. The number of ether oxygens (including phenoxy) is 1. The normalized spacial score (nSPS) is 14.7. The summed E-state index contributed by atoms with van der Waals surface area (Å²) in [6.07, 6.45) is -0.219. The number of benzene rings is 1. The number of aliphatic hydroxyl groups is 1. The Kier molecular flexibility index (Phi) is 10.4. The smallest absolute Gasteiger partial charge is 0.248 e. The number of aromatic nitrogens is 2. The molecule has 0 saturated heterocycles. The Hall–Kier alpha value is -1.72. The minimum atomic E-state index is -1.03. The number of hydrogen-bond acceptors (Lipinski definition) is 6. The lowest BCUT2D eigenvalue weighted by atomic mass is 9.96. The van der Waals surface area contributed by atoms with Gasteiger partial charge in [0, 0.05) is 13.2 Å². The van der Waals surface area contributed by atoms with Gasteiger partial charge < -0.3 is 25.0 Å².